The third kappa shape index (κ3) is 74.0. The standard InChI is InChI=1S/C80H144NO8P/c1-6-8-10-12-14-16-18-20-22-24-26-28-30-32-34-36-38-40-42-44-46-48-50-52-54-56-58-60-62-64-66-68-70-72-79(82)86-76-78(77-88-90(84,85)87-75-74-81(3,4)5)89-80(83)73-71-69-67-65-63-61-59-57-55-53-51-49-47-45-43-41-39-37-35-33-31-29-27-25-23-21-19-17-15-13-11-9-7-2/h9,11,15,17,21,23,27,29,33,35,39,41,45,47,51,53,78H,6-8,10,12-14,16,18-20,22,24-26,28,30-32,34,36-38,40,42-44,46,48-50,52,54-77H2,1-5H3/b11-9-,17-15-,23-21-,29-27-,35-33-,41-39-,47-45-,53-51-. The molecular weight excluding hydrogens is 1130 g/mol. The lowest BCUT2D eigenvalue weighted by Crippen LogP contribution is -2.37. The number of phosphoric ester groups is 1. The van der Waals surface area contributed by atoms with Crippen LogP contribution in [-0.4, -0.2) is 70.0 Å². The second-order valence-electron chi connectivity index (χ2n) is 26.6. The summed E-state index contributed by atoms with van der Waals surface area (Å²) in [5.74, 6) is -0.833. The number of quaternary nitrogens is 1. The van der Waals surface area contributed by atoms with Crippen molar-refractivity contribution in [1.82, 2.24) is 0 Å². The van der Waals surface area contributed by atoms with Crippen LogP contribution in [-0.2, 0) is 32.7 Å². The molecule has 0 radical (unpaired) electrons. The summed E-state index contributed by atoms with van der Waals surface area (Å²) in [6.07, 6.45) is 98.0. The van der Waals surface area contributed by atoms with Crippen molar-refractivity contribution in [2.75, 3.05) is 47.5 Å². The SMILES string of the molecule is CC/C=C\C/C=C\C/C=C\C/C=C\C/C=C\C/C=C\C/C=C\C/C=C\CCCCCCCCCCC(=O)OC(COC(=O)CCCCCCCCCCCCCCCCCCCCCCCCCCCCCCCCCCC)COP(=O)([O-])OCC[N+](C)(C)C. The lowest BCUT2D eigenvalue weighted by Gasteiger charge is -2.28. The van der Waals surface area contributed by atoms with Gasteiger partial charge in [-0.1, -0.05) is 355 Å². The van der Waals surface area contributed by atoms with Gasteiger partial charge in [-0.25, -0.2) is 0 Å². The summed E-state index contributed by atoms with van der Waals surface area (Å²) in [4.78, 5) is 38.1. The van der Waals surface area contributed by atoms with Crippen LogP contribution in [0.4, 0.5) is 0 Å². The van der Waals surface area contributed by atoms with Crippen LogP contribution in [0.2, 0.25) is 0 Å². The largest absolute Gasteiger partial charge is 0.756 e. The minimum atomic E-state index is -4.65. The van der Waals surface area contributed by atoms with Gasteiger partial charge in [0.1, 0.15) is 19.8 Å². The van der Waals surface area contributed by atoms with E-state index in [0.29, 0.717) is 17.4 Å². The predicted octanol–water partition coefficient (Wildman–Crippen LogP) is 24.4. The normalized spacial score (nSPS) is 13.6. The molecule has 9 nitrogen and oxygen atoms in total. The first-order valence-electron chi connectivity index (χ1n) is 37.9. The molecule has 0 heterocycles. The number of phosphoric acid groups is 1. The Labute approximate surface area is 557 Å². The van der Waals surface area contributed by atoms with E-state index in [1.165, 1.54) is 218 Å². The van der Waals surface area contributed by atoms with Gasteiger partial charge >= 0.3 is 11.9 Å². The number of unbranched alkanes of at least 4 members (excludes halogenated alkanes) is 40. The third-order valence-corrected chi connectivity index (χ3v) is 17.6. The van der Waals surface area contributed by atoms with Gasteiger partial charge in [0.15, 0.2) is 6.10 Å². The van der Waals surface area contributed by atoms with Crippen molar-refractivity contribution < 1.29 is 42.1 Å². The molecule has 2 atom stereocenters. The molecule has 0 fully saturated rings. The molecule has 0 rings (SSSR count). The number of carbonyl (C=O) groups excluding carboxylic acids is 2. The summed E-state index contributed by atoms with van der Waals surface area (Å²) in [6.45, 7) is 4.16. The summed E-state index contributed by atoms with van der Waals surface area (Å²) >= 11 is 0. The molecule has 0 N–H and O–H groups in total. The minimum Gasteiger partial charge on any atom is -0.756 e. The van der Waals surface area contributed by atoms with Crippen LogP contribution in [0.15, 0.2) is 97.2 Å². The molecule has 0 spiro atoms. The van der Waals surface area contributed by atoms with Crippen LogP contribution in [0.25, 0.3) is 0 Å². The molecule has 0 saturated heterocycles. The molecule has 0 aliphatic heterocycles. The first kappa shape index (κ1) is 86.9. The van der Waals surface area contributed by atoms with Gasteiger partial charge in [0.05, 0.1) is 27.7 Å². The number of carbonyl (C=O) groups is 2. The van der Waals surface area contributed by atoms with Crippen molar-refractivity contribution in [3.63, 3.8) is 0 Å². The lowest BCUT2D eigenvalue weighted by molar-refractivity contribution is -0.870. The summed E-state index contributed by atoms with van der Waals surface area (Å²) in [5, 5.41) is 0. The molecule has 10 heteroatoms. The summed E-state index contributed by atoms with van der Waals surface area (Å²) in [5.41, 5.74) is 0. The monoisotopic (exact) mass is 1280 g/mol. The highest BCUT2D eigenvalue weighted by Gasteiger charge is 2.22. The fourth-order valence-electron chi connectivity index (χ4n) is 10.9. The van der Waals surface area contributed by atoms with Gasteiger partial charge in [-0.3, -0.25) is 14.2 Å². The fraction of sp³-hybridized carbons (Fsp3) is 0.775. The molecule has 2 unspecified atom stereocenters. The number of esters is 2. The summed E-state index contributed by atoms with van der Waals surface area (Å²) in [7, 11) is 1.16. The van der Waals surface area contributed by atoms with E-state index < -0.39 is 26.5 Å². The average Bonchev–Trinajstić information content (AvgIpc) is 3.58. The summed E-state index contributed by atoms with van der Waals surface area (Å²) < 4.78 is 34.4. The highest BCUT2D eigenvalue weighted by atomic mass is 31.2. The predicted molar refractivity (Wildman–Crippen MR) is 388 cm³/mol. The van der Waals surface area contributed by atoms with Gasteiger partial charge in [0.25, 0.3) is 7.82 Å². The number of likely N-dealkylation sites (N-methyl/N-ethyl adjacent to an activating group) is 1. The van der Waals surface area contributed by atoms with Crippen molar-refractivity contribution in [2.45, 2.75) is 354 Å². The highest BCUT2D eigenvalue weighted by molar-refractivity contribution is 7.45. The highest BCUT2D eigenvalue weighted by Crippen LogP contribution is 2.38. The Morgan fingerprint density at radius 2 is 0.633 bits per heavy atom. The number of hydrogen-bond acceptors (Lipinski definition) is 8. The van der Waals surface area contributed by atoms with E-state index in [-0.39, 0.29) is 32.0 Å². The Bertz CT molecular complexity index is 1840. The van der Waals surface area contributed by atoms with Gasteiger partial charge in [-0.15, -0.1) is 0 Å². The third-order valence-electron chi connectivity index (χ3n) is 16.6. The smallest absolute Gasteiger partial charge is 0.306 e. The van der Waals surface area contributed by atoms with E-state index in [1.807, 2.05) is 21.1 Å². The van der Waals surface area contributed by atoms with E-state index in [4.69, 9.17) is 18.5 Å². The van der Waals surface area contributed by atoms with Crippen molar-refractivity contribution in [1.29, 1.82) is 0 Å². The van der Waals surface area contributed by atoms with Crippen LogP contribution in [0, 0.1) is 0 Å². The van der Waals surface area contributed by atoms with E-state index in [0.717, 1.165) is 96.3 Å². The zero-order valence-corrected chi connectivity index (χ0v) is 60.5. The van der Waals surface area contributed by atoms with Crippen molar-refractivity contribution in [3.8, 4) is 0 Å². The molecular formula is C80H144NO8P. The van der Waals surface area contributed by atoms with Gasteiger partial charge in [-0.05, 0) is 77.0 Å². The van der Waals surface area contributed by atoms with Crippen LogP contribution in [0.1, 0.15) is 348 Å². The Morgan fingerprint density at radius 3 is 0.944 bits per heavy atom. The van der Waals surface area contributed by atoms with Crippen LogP contribution < -0.4 is 4.89 Å². The van der Waals surface area contributed by atoms with E-state index in [2.05, 4.69) is 111 Å². The molecule has 0 amide bonds. The summed E-state index contributed by atoms with van der Waals surface area (Å²) in [6, 6.07) is 0. The molecule has 0 aromatic carbocycles. The van der Waals surface area contributed by atoms with Gasteiger partial charge in [0, 0.05) is 12.8 Å². The maximum absolute atomic E-state index is 12.9. The molecule has 522 valence electrons. The van der Waals surface area contributed by atoms with Gasteiger partial charge in [-0.2, -0.15) is 0 Å². The number of hydrogen-bond donors (Lipinski definition) is 0. The first-order valence-corrected chi connectivity index (χ1v) is 39.4. The van der Waals surface area contributed by atoms with Crippen molar-refractivity contribution in [2.24, 2.45) is 0 Å². The number of allylic oxidation sites excluding steroid dienone is 16. The molecule has 0 saturated carbocycles. The first-order chi connectivity index (χ1) is 44.0. The number of nitrogens with zero attached hydrogens (tertiary/aromatic N) is 1. The van der Waals surface area contributed by atoms with Gasteiger partial charge in [0.2, 0.25) is 0 Å². The molecule has 0 aliphatic rings. The molecule has 90 heavy (non-hydrogen) atoms. The zero-order valence-electron chi connectivity index (χ0n) is 59.6. The Hall–Kier alpha value is -3.07. The maximum atomic E-state index is 12.9. The van der Waals surface area contributed by atoms with E-state index in [1.54, 1.807) is 0 Å². The Morgan fingerprint density at radius 1 is 0.356 bits per heavy atom. The topological polar surface area (TPSA) is 111 Å². The second-order valence-corrected chi connectivity index (χ2v) is 28.1. The van der Waals surface area contributed by atoms with Crippen molar-refractivity contribution in [3.05, 3.63) is 97.2 Å². The molecule has 0 aromatic heterocycles. The molecule has 0 aromatic rings. The number of ether oxygens (including phenoxy) is 2. The van der Waals surface area contributed by atoms with Crippen LogP contribution in [0.5, 0.6) is 0 Å². The minimum absolute atomic E-state index is 0.0352. The zero-order chi connectivity index (χ0) is 65.5. The maximum Gasteiger partial charge on any atom is 0.306 e. The molecule has 0 bridgehead atoms. The quantitative estimate of drug-likeness (QED) is 0.0195. The van der Waals surface area contributed by atoms with E-state index >= 15 is 0 Å². The van der Waals surface area contributed by atoms with Crippen LogP contribution >= 0.6 is 7.82 Å². The second kappa shape index (κ2) is 70.3. The van der Waals surface area contributed by atoms with E-state index in [9.17, 15) is 19.0 Å². The fourth-order valence-corrected chi connectivity index (χ4v) is 11.6. The Balaban J connectivity index is 4.03. The lowest BCUT2D eigenvalue weighted by atomic mass is 10.0. The van der Waals surface area contributed by atoms with Gasteiger partial charge < -0.3 is 27.9 Å². The number of rotatable bonds is 70. The van der Waals surface area contributed by atoms with Crippen LogP contribution in [0.3, 0.4) is 0 Å². The molecule has 0 aliphatic carbocycles. The average molecular weight is 1280 g/mol. The van der Waals surface area contributed by atoms with Crippen molar-refractivity contribution >= 4 is 19.8 Å². The Kier molecular flexibility index (Phi) is 67.9.